The van der Waals surface area contributed by atoms with Crippen LogP contribution in [-0.4, -0.2) is 16.7 Å². The van der Waals surface area contributed by atoms with Gasteiger partial charge in [-0.2, -0.15) is 0 Å². The van der Waals surface area contributed by atoms with Crippen LogP contribution in [0.25, 0.3) is 0 Å². The highest BCUT2D eigenvalue weighted by Crippen LogP contribution is 2.07. The summed E-state index contributed by atoms with van der Waals surface area (Å²) in [6, 6.07) is 5.71. The number of hydrogen-bond donors (Lipinski definition) is 1. The molecule has 0 saturated carbocycles. The van der Waals surface area contributed by atoms with Crippen LogP contribution in [0.2, 0.25) is 0 Å². The number of carbonyl (C=O) groups is 1. The van der Waals surface area contributed by atoms with Crippen molar-refractivity contribution in [3.63, 3.8) is 0 Å². The average molecular weight is 248 g/mol. The molecule has 1 aromatic rings. The molecule has 0 unspecified atom stereocenters. The highest BCUT2D eigenvalue weighted by atomic mass is 16.6. The fourth-order valence-corrected chi connectivity index (χ4v) is 1.37. The number of nitrogens with zero attached hydrogens (tertiary/aromatic N) is 1. The SMILES string of the molecule is C=CCc1cccc(CNC(=O)OC(C)(C)C)n1. The van der Waals surface area contributed by atoms with Crippen molar-refractivity contribution in [3.8, 4) is 0 Å². The van der Waals surface area contributed by atoms with E-state index in [0.29, 0.717) is 6.54 Å². The second kappa shape index (κ2) is 6.19. The van der Waals surface area contributed by atoms with Crippen LogP contribution < -0.4 is 5.32 Å². The van der Waals surface area contributed by atoms with Crippen LogP contribution in [0, 0.1) is 0 Å². The first-order chi connectivity index (χ1) is 8.40. The zero-order valence-corrected chi connectivity index (χ0v) is 11.2. The normalized spacial score (nSPS) is 10.8. The van der Waals surface area contributed by atoms with Crippen molar-refractivity contribution in [2.75, 3.05) is 0 Å². The van der Waals surface area contributed by atoms with Crippen LogP contribution in [0.15, 0.2) is 30.9 Å². The van der Waals surface area contributed by atoms with Gasteiger partial charge in [-0.1, -0.05) is 12.1 Å². The number of ether oxygens (including phenoxy) is 1. The van der Waals surface area contributed by atoms with Gasteiger partial charge >= 0.3 is 6.09 Å². The first-order valence-electron chi connectivity index (χ1n) is 5.93. The van der Waals surface area contributed by atoms with E-state index >= 15 is 0 Å². The summed E-state index contributed by atoms with van der Waals surface area (Å²) in [5.41, 5.74) is 1.26. The maximum absolute atomic E-state index is 11.5. The lowest BCUT2D eigenvalue weighted by Gasteiger charge is -2.19. The predicted octanol–water partition coefficient (Wildman–Crippen LogP) is 2.83. The molecule has 0 spiro atoms. The van der Waals surface area contributed by atoms with E-state index < -0.39 is 11.7 Å². The summed E-state index contributed by atoms with van der Waals surface area (Å²) < 4.78 is 5.14. The Morgan fingerprint density at radius 1 is 1.44 bits per heavy atom. The van der Waals surface area contributed by atoms with E-state index in [4.69, 9.17) is 4.74 Å². The fourth-order valence-electron chi connectivity index (χ4n) is 1.37. The van der Waals surface area contributed by atoms with Crippen molar-refractivity contribution in [1.82, 2.24) is 10.3 Å². The molecule has 98 valence electrons. The lowest BCUT2D eigenvalue weighted by Crippen LogP contribution is -2.32. The molecule has 0 aliphatic heterocycles. The third-order valence-corrected chi connectivity index (χ3v) is 2.03. The summed E-state index contributed by atoms with van der Waals surface area (Å²) in [6.07, 6.45) is 2.09. The third-order valence-electron chi connectivity index (χ3n) is 2.03. The average Bonchev–Trinajstić information content (AvgIpc) is 2.25. The van der Waals surface area contributed by atoms with E-state index in [9.17, 15) is 4.79 Å². The Kier molecular flexibility index (Phi) is 4.89. The topological polar surface area (TPSA) is 51.2 Å². The van der Waals surface area contributed by atoms with Crippen LogP contribution in [0.5, 0.6) is 0 Å². The monoisotopic (exact) mass is 248 g/mol. The number of aromatic nitrogens is 1. The molecule has 1 N–H and O–H groups in total. The van der Waals surface area contributed by atoms with Gasteiger partial charge in [-0.3, -0.25) is 4.98 Å². The van der Waals surface area contributed by atoms with Gasteiger partial charge in [0.2, 0.25) is 0 Å². The van der Waals surface area contributed by atoms with E-state index in [1.807, 2.05) is 39.0 Å². The molecule has 0 bridgehead atoms. The molecular formula is C14H20N2O2. The van der Waals surface area contributed by atoms with Crippen molar-refractivity contribution in [3.05, 3.63) is 42.2 Å². The summed E-state index contributed by atoms with van der Waals surface area (Å²) in [5.74, 6) is 0. The number of carbonyl (C=O) groups excluding carboxylic acids is 1. The maximum atomic E-state index is 11.5. The summed E-state index contributed by atoms with van der Waals surface area (Å²) in [5, 5.41) is 2.68. The van der Waals surface area contributed by atoms with E-state index in [1.165, 1.54) is 0 Å². The number of pyridine rings is 1. The van der Waals surface area contributed by atoms with Gasteiger partial charge in [0.15, 0.2) is 0 Å². The van der Waals surface area contributed by atoms with E-state index in [0.717, 1.165) is 17.8 Å². The number of amides is 1. The molecule has 1 amide bonds. The van der Waals surface area contributed by atoms with Gasteiger partial charge in [-0.15, -0.1) is 6.58 Å². The number of allylic oxidation sites excluding steroid dienone is 1. The van der Waals surface area contributed by atoms with Gasteiger partial charge in [0.25, 0.3) is 0 Å². The third kappa shape index (κ3) is 5.48. The van der Waals surface area contributed by atoms with Crippen LogP contribution in [0.4, 0.5) is 4.79 Å². The molecule has 0 aliphatic rings. The summed E-state index contributed by atoms with van der Waals surface area (Å²) in [7, 11) is 0. The van der Waals surface area contributed by atoms with Gasteiger partial charge in [0.05, 0.1) is 12.2 Å². The second-order valence-corrected chi connectivity index (χ2v) is 4.97. The Morgan fingerprint density at radius 2 is 2.11 bits per heavy atom. The standard InChI is InChI=1S/C14H20N2O2/c1-5-7-11-8-6-9-12(16-11)10-15-13(17)18-14(2,3)4/h5-6,8-9H,1,7,10H2,2-4H3,(H,15,17). The molecule has 0 radical (unpaired) electrons. The highest BCUT2D eigenvalue weighted by Gasteiger charge is 2.15. The van der Waals surface area contributed by atoms with Crippen molar-refractivity contribution in [2.24, 2.45) is 0 Å². The fraction of sp³-hybridized carbons (Fsp3) is 0.429. The molecule has 1 heterocycles. The van der Waals surface area contributed by atoms with Crippen LogP contribution >= 0.6 is 0 Å². The number of nitrogens with one attached hydrogen (secondary N) is 1. The van der Waals surface area contributed by atoms with Crippen LogP contribution in [-0.2, 0) is 17.7 Å². The smallest absolute Gasteiger partial charge is 0.407 e. The van der Waals surface area contributed by atoms with Gasteiger partial charge < -0.3 is 10.1 Å². The number of hydrogen-bond acceptors (Lipinski definition) is 3. The number of rotatable bonds is 4. The molecule has 18 heavy (non-hydrogen) atoms. The Labute approximate surface area is 108 Å². The maximum Gasteiger partial charge on any atom is 0.407 e. The quantitative estimate of drug-likeness (QED) is 0.834. The van der Waals surface area contributed by atoms with Gasteiger partial charge in [-0.05, 0) is 32.9 Å². The van der Waals surface area contributed by atoms with Crippen LogP contribution in [0.1, 0.15) is 32.2 Å². The first kappa shape index (κ1) is 14.2. The van der Waals surface area contributed by atoms with Gasteiger partial charge in [0.1, 0.15) is 5.60 Å². The van der Waals surface area contributed by atoms with Crippen molar-refractivity contribution >= 4 is 6.09 Å². The Morgan fingerprint density at radius 3 is 2.72 bits per heavy atom. The number of alkyl carbamates (subject to hydrolysis) is 1. The molecule has 0 aliphatic carbocycles. The molecule has 0 aromatic carbocycles. The largest absolute Gasteiger partial charge is 0.444 e. The van der Waals surface area contributed by atoms with E-state index in [1.54, 1.807) is 6.08 Å². The minimum atomic E-state index is -0.484. The minimum absolute atomic E-state index is 0.361. The molecule has 0 atom stereocenters. The molecule has 0 fully saturated rings. The van der Waals surface area contributed by atoms with Crippen molar-refractivity contribution < 1.29 is 9.53 Å². The van der Waals surface area contributed by atoms with E-state index in [-0.39, 0.29) is 0 Å². The molecular weight excluding hydrogens is 228 g/mol. The lowest BCUT2D eigenvalue weighted by atomic mass is 10.2. The Hall–Kier alpha value is -1.84. The lowest BCUT2D eigenvalue weighted by molar-refractivity contribution is 0.0523. The van der Waals surface area contributed by atoms with Gasteiger partial charge in [-0.25, -0.2) is 4.79 Å². The highest BCUT2D eigenvalue weighted by molar-refractivity contribution is 5.67. The Bertz CT molecular complexity index is 422. The molecule has 0 saturated heterocycles. The summed E-state index contributed by atoms with van der Waals surface area (Å²) in [4.78, 5) is 15.9. The predicted molar refractivity (Wildman–Crippen MR) is 71.2 cm³/mol. The molecule has 1 rings (SSSR count). The molecule has 1 aromatic heterocycles. The zero-order chi connectivity index (χ0) is 13.6. The first-order valence-corrected chi connectivity index (χ1v) is 5.93. The van der Waals surface area contributed by atoms with Crippen molar-refractivity contribution in [2.45, 2.75) is 39.3 Å². The van der Waals surface area contributed by atoms with Gasteiger partial charge in [0, 0.05) is 12.1 Å². The minimum Gasteiger partial charge on any atom is -0.444 e. The van der Waals surface area contributed by atoms with Crippen molar-refractivity contribution in [1.29, 1.82) is 0 Å². The molecule has 4 nitrogen and oxygen atoms in total. The Balaban J connectivity index is 2.50. The van der Waals surface area contributed by atoms with Crippen LogP contribution in [0.3, 0.4) is 0 Å². The van der Waals surface area contributed by atoms with E-state index in [2.05, 4.69) is 16.9 Å². The summed E-state index contributed by atoms with van der Waals surface area (Å²) in [6.45, 7) is 9.52. The zero-order valence-electron chi connectivity index (χ0n) is 11.2. The second-order valence-electron chi connectivity index (χ2n) is 4.97. The summed E-state index contributed by atoms with van der Waals surface area (Å²) >= 11 is 0. The molecule has 4 heteroatoms.